The summed E-state index contributed by atoms with van der Waals surface area (Å²) in [7, 11) is 1.68. The number of anilines is 1. The van der Waals surface area contributed by atoms with E-state index in [0.29, 0.717) is 25.5 Å². The molecule has 1 N–H and O–H groups in total. The van der Waals surface area contributed by atoms with Gasteiger partial charge in [0, 0.05) is 50.1 Å². The van der Waals surface area contributed by atoms with Gasteiger partial charge in [-0.15, -0.1) is 0 Å². The number of amides is 1. The van der Waals surface area contributed by atoms with E-state index in [1.807, 2.05) is 24.0 Å². The molecule has 0 fully saturated rings. The molecule has 1 atom stereocenters. The van der Waals surface area contributed by atoms with E-state index in [-0.39, 0.29) is 11.9 Å². The summed E-state index contributed by atoms with van der Waals surface area (Å²) in [5.41, 5.74) is 2.82. The molecular weight excluding hydrogens is 318 g/mol. The molecule has 1 aliphatic heterocycles. The third-order valence-electron chi connectivity index (χ3n) is 4.23. The lowest BCUT2D eigenvalue weighted by atomic mass is 10.0. The zero-order valence-electron chi connectivity index (χ0n) is 14.8. The highest BCUT2D eigenvalue weighted by molar-refractivity contribution is 5.74. The number of nitrogens with one attached hydrogen (secondary N) is 1. The van der Waals surface area contributed by atoms with Crippen molar-refractivity contribution in [2.24, 2.45) is 0 Å². The second-order valence-corrected chi connectivity index (χ2v) is 6.25. The molecule has 0 unspecified atom stereocenters. The monoisotopic (exact) mass is 341 g/mol. The summed E-state index contributed by atoms with van der Waals surface area (Å²) >= 11 is 0. The fourth-order valence-corrected chi connectivity index (χ4v) is 2.97. The van der Waals surface area contributed by atoms with Gasteiger partial charge in [0.05, 0.1) is 18.8 Å². The first kappa shape index (κ1) is 17.3. The van der Waals surface area contributed by atoms with Gasteiger partial charge in [0.15, 0.2) is 5.82 Å². The lowest BCUT2D eigenvalue weighted by Gasteiger charge is -2.29. The minimum Gasteiger partial charge on any atom is -0.383 e. The van der Waals surface area contributed by atoms with Crippen LogP contribution in [0.2, 0.25) is 0 Å². The van der Waals surface area contributed by atoms with Crippen molar-refractivity contribution in [3.63, 3.8) is 0 Å². The van der Waals surface area contributed by atoms with E-state index in [0.717, 1.165) is 29.1 Å². The minimum atomic E-state index is 0.0643. The Labute approximate surface area is 147 Å². The van der Waals surface area contributed by atoms with Gasteiger partial charge in [-0.2, -0.15) is 0 Å². The molecule has 2 aromatic heterocycles. The van der Waals surface area contributed by atoms with Crippen LogP contribution in [-0.2, 0) is 22.5 Å². The zero-order chi connectivity index (χ0) is 17.8. The fourth-order valence-electron chi connectivity index (χ4n) is 2.97. The SMILES string of the molecule is COC[C@@H](C)Nc1nc(-c2cccnc2)nc2c1CCN(C(C)=O)C2. The molecule has 25 heavy (non-hydrogen) atoms. The third kappa shape index (κ3) is 3.93. The molecule has 0 aromatic carbocycles. The Morgan fingerprint density at radius 2 is 2.28 bits per heavy atom. The van der Waals surface area contributed by atoms with Gasteiger partial charge in [0.1, 0.15) is 5.82 Å². The Morgan fingerprint density at radius 1 is 1.44 bits per heavy atom. The zero-order valence-corrected chi connectivity index (χ0v) is 14.8. The van der Waals surface area contributed by atoms with Crippen LogP contribution in [0, 0.1) is 0 Å². The molecule has 0 aliphatic carbocycles. The summed E-state index contributed by atoms with van der Waals surface area (Å²) in [5, 5.41) is 3.43. The van der Waals surface area contributed by atoms with Crippen LogP contribution in [-0.4, -0.2) is 52.1 Å². The van der Waals surface area contributed by atoms with Gasteiger partial charge in [0.2, 0.25) is 5.91 Å². The fraction of sp³-hybridized carbons (Fsp3) is 0.444. The van der Waals surface area contributed by atoms with Crippen LogP contribution in [0.15, 0.2) is 24.5 Å². The number of hydrogen-bond acceptors (Lipinski definition) is 6. The van der Waals surface area contributed by atoms with Crippen LogP contribution in [0.3, 0.4) is 0 Å². The quantitative estimate of drug-likeness (QED) is 0.894. The maximum Gasteiger partial charge on any atom is 0.219 e. The number of hydrogen-bond donors (Lipinski definition) is 1. The largest absolute Gasteiger partial charge is 0.383 e. The van der Waals surface area contributed by atoms with Gasteiger partial charge in [-0.05, 0) is 25.5 Å². The highest BCUT2D eigenvalue weighted by atomic mass is 16.5. The van der Waals surface area contributed by atoms with E-state index >= 15 is 0 Å². The summed E-state index contributed by atoms with van der Waals surface area (Å²) in [5.74, 6) is 1.50. The average molecular weight is 341 g/mol. The molecule has 1 amide bonds. The van der Waals surface area contributed by atoms with Crippen molar-refractivity contribution in [2.45, 2.75) is 32.9 Å². The Balaban J connectivity index is 2.01. The Morgan fingerprint density at radius 3 is 2.96 bits per heavy atom. The third-order valence-corrected chi connectivity index (χ3v) is 4.23. The van der Waals surface area contributed by atoms with Gasteiger partial charge < -0.3 is 15.0 Å². The van der Waals surface area contributed by atoms with Crippen LogP contribution in [0.25, 0.3) is 11.4 Å². The number of carbonyl (C=O) groups is 1. The molecule has 1 aliphatic rings. The first-order valence-electron chi connectivity index (χ1n) is 8.39. The van der Waals surface area contributed by atoms with E-state index in [1.54, 1.807) is 26.4 Å². The molecule has 132 valence electrons. The standard InChI is InChI=1S/C18H23N5O2/c1-12(11-25-3)20-18-15-6-8-23(13(2)24)10-16(15)21-17(22-18)14-5-4-7-19-9-14/h4-5,7,9,12H,6,8,10-11H2,1-3H3,(H,20,21,22)/t12-/m1/s1. The smallest absolute Gasteiger partial charge is 0.219 e. The summed E-state index contributed by atoms with van der Waals surface area (Å²) in [6.45, 7) is 5.42. The summed E-state index contributed by atoms with van der Waals surface area (Å²) in [4.78, 5) is 27.2. The number of carbonyl (C=O) groups excluding carboxylic acids is 1. The number of ether oxygens (including phenoxy) is 1. The Hall–Kier alpha value is -2.54. The van der Waals surface area contributed by atoms with E-state index in [1.165, 1.54) is 0 Å². The molecule has 7 heteroatoms. The van der Waals surface area contributed by atoms with Crippen LogP contribution in [0.4, 0.5) is 5.82 Å². The maximum absolute atomic E-state index is 11.8. The van der Waals surface area contributed by atoms with Crippen molar-refractivity contribution < 1.29 is 9.53 Å². The van der Waals surface area contributed by atoms with E-state index in [9.17, 15) is 4.79 Å². The predicted molar refractivity (Wildman–Crippen MR) is 95.0 cm³/mol. The molecule has 0 saturated heterocycles. The Bertz CT molecular complexity index is 751. The first-order valence-corrected chi connectivity index (χ1v) is 8.39. The molecule has 0 bridgehead atoms. The van der Waals surface area contributed by atoms with Crippen molar-refractivity contribution in [1.82, 2.24) is 19.9 Å². The second-order valence-electron chi connectivity index (χ2n) is 6.25. The van der Waals surface area contributed by atoms with Crippen LogP contribution in [0.1, 0.15) is 25.1 Å². The van der Waals surface area contributed by atoms with Gasteiger partial charge in [-0.25, -0.2) is 9.97 Å². The lowest BCUT2D eigenvalue weighted by molar-refractivity contribution is -0.129. The van der Waals surface area contributed by atoms with Gasteiger partial charge >= 0.3 is 0 Å². The highest BCUT2D eigenvalue weighted by Gasteiger charge is 2.24. The predicted octanol–water partition coefficient (Wildman–Crippen LogP) is 1.89. The highest BCUT2D eigenvalue weighted by Crippen LogP contribution is 2.27. The van der Waals surface area contributed by atoms with Crippen LogP contribution >= 0.6 is 0 Å². The molecular formula is C18H23N5O2. The number of aromatic nitrogens is 3. The normalized spacial score (nSPS) is 14.8. The molecule has 3 rings (SSSR count). The van der Waals surface area contributed by atoms with Crippen LogP contribution < -0.4 is 5.32 Å². The van der Waals surface area contributed by atoms with E-state index in [2.05, 4.69) is 10.3 Å². The van der Waals surface area contributed by atoms with Crippen molar-refractivity contribution in [3.8, 4) is 11.4 Å². The van der Waals surface area contributed by atoms with Gasteiger partial charge in [-0.1, -0.05) is 0 Å². The van der Waals surface area contributed by atoms with E-state index < -0.39 is 0 Å². The summed E-state index contributed by atoms with van der Waals surface area (Å²) in [6, 6.07) is 3.92. The summed E-state index contributed by atoms with van der Waals surface area (Å²) < 4.78 is 5.21. The number of methoxy groups -OCH3 is 1. The van der Waals surface area contributed by atoms with Crippen LogP contribution in [0.5, 0.6) is 0 Å². The number of fused-ring (bicyclic) bond motifs is 1. The molecule has 0 spiro atoms. The Kier molecular flexibility index (Phi) is 5.23. The van der Waals surface area contributed by atoms with Crippen molar-refractivity contribution in [3.05, 3.63) is 35.8 Å². The van der Waals surface area contributed by atoms with Crippen molar-refractivity contribution >= 4 is 11.7 Å². The van der Waals surface area contributed by atoms with Crippen molar-refractivity contribution in [2.75, 3.05) is 25.6 Å². The lowest BCUT2D eigenvalue weighted by Crippen LogP contribution is -2.36. The molecule has 2 aromatic rings. The van der Waals surface area contributed by atoms with Gasteiger partial charge in [-0.3, -0.25) is 9.78 Å². The maximum atomic E-state index is 11.8. The van der Waals surface area contributed by atoms with E-state index in [4.69, 9.17) is 14.7 Å². The molecule has 0 saturated carbocycles. The average Bonchev–Trinajstić information content (AvgIpc) is 2.62. The first-order chi connectivity index (χ1) is 12.1. The summed E-state index contributed by atoms with van der Waals surface area (Å²) in [6.07, 6.45) is 4.21. The number of rotatable bonds is 5. The minimum absolute atomic E-state index is 0.0643. The number of pyridine rings is 1. The molecule has 0 radical (unpaired) electrons. The van der Waals surface area contributed by atoms with Gasteiger partial charge in [0.25, 0.3) is 0 Å². The number of nitrogens with zero attached hydrogens (tertiary/aromatic N) is 4. The topological polar surface area (TPSA) is 80.2 Å². The second kappa shape index (κ2) is 7.57. The molecule has 7 nitrogen and oxygen atoms in total. The van der Waals surface area contributed by atoms with Crippen molar-refractivity contribution in [1.29, 1.82) is 0 Å². The molecule has 3 heterocycles.